The maximum absolute atomic E-state index is 11.6. The van der Waals surface area contributed by atoms with E-state index in [0.29, 0.717) is 30.9 Å². The molecular weight excluding hydrogens is 532 g/mol. The fourth-order valence-electron chi connectivity index (χ4n) is 6.41. The van der Waals surface area contributed by atoms with Crippen molar-refractivity contribution in [1.29, 1.82) is 0 Å². The maximum atomic E-state index is 11.6. The molecule has 2 rings (SSSR count). The van der Waals surface area contributed by atoms with Gasteiger partial charge in [-0.2, -0.15) is 0 Å². The van der Waals surface area contributed by atoms with E-state index in [-0.39, 0.29) is 24.3 Å². The first-order chi connectivity index (χ1) is 20.3. The molecule has 2 heterocycles. The molecule has 42 heavy (non-hydrogen) atoms. The summed E-state index contributed by atoms with van der Waals surface area (Å²) in [4.78, 5) is 11.6. The number of hydrogen-bond acceptors (Lipinski definition) is 7. The summed E-state index contributed by atoms with van der Waals surface area (Å²) in [5.74, 6) is -0.277. The second kappa shape index (κ2) is 22.5. The summed E-state index contributed by atoms with van der Waals surface area (Å²) < 4.78 is 11.3. The molecule has 0 aromatic carbocycles. The second-order valence-electron chi connectivity index (χ2n) is 13.1. The first kappa shape index (κ1) is 37.2. The third-order valence-corrected chi connectivity index (χ3v) is 9.13. The Morgan fingerprint density at radius 3 is 1.88 bits per heavy atom. The van der Waals surface area contributed by atoms with Gasteiger partial charge >= 0.3 is 5.97 Å². The number of aliphatic hydroxyl groups is 4. The van der Waals surface area contributed by atoms with E-state index in [1.165, 1.54) is 38.5 Å². The molecule has 246 valence electrons. The average Bonchev–Trinajstić information content (AvgIpc) is 3.56. The van der Waals surface area contributed by atoms with Crippen molar-refractivity contribution in [3.63, 3.8) is 0 Å². The topological polar surface area (TPSA) is 116 Å². The number of ether oxygens (including phenoxy) is 2. The zero-order valence-electron chi connectivity index (χ0n) is 26.9. The average molecular weight is 597 g/mol. The van der Waals surface area contributed by atoms with Crippen LogP contribution in [-0.2, 0) is 14.3 Å². The minimum Gasteiger partial charge on any atom is -0.455 e. The first-order valence-electron chi connectivity index (χ1n) is 17.6. The van der Waals surface area contributed by atoms with E-state index in [4.69, 9.17) is 9.47 Å². The molecule has 0 bridgehead atoms. The smallest absolute Gasteiger partial charge is 0.334 e. The van der Waals surface area contributed by atoms with E-state index in [0.717, 1.165) is 89.9 Å². The summed E-state index contributed by atoms with van der Waals surface area (Å²) in [7, 11) is 0. The van der Waals surface area contributed by atoms with Gasteiger partial charge in [0.15, 0.2) is 0 Å². The van der Waals surface area contributed by atoms with Gasteiger partial charge in [0.05, 0.1) is 36.6 Å². The molecular formula is C35H64O7. The Bertz CT molecular complexity index is 726. The van der Waals surface area contributed by atoms with Gasteiger partial charge in [0.2, 0.25) is 0 Å². The Hall–Kier alpha value is -0.990. The Labute approximate surface area is 256 Å². The lowest BCUT2D eigenvalue weighted by atomic mass is 9.99. The molecule has 0 unspecified atom stereocenters. The third-order valence-electron chi connectivity index (χ3n) is 9.13. The molecule has 7 nitrogen and oxygen atoms in total. The molecule has 4 N–H and O–H groups in total. The number of rotatable bonds is 26. The molecule has 1 saturated heterocycles. The molecule has 0 saturated carbocycles. The van der Waals surface area contributed by atoms with E-state index >= 15 is 0 Å². The van der Waals surface area contributed by atoms with Crippen molar-refractivity contribution >= 4 is 5.97 Å². The Kier molecular flexibility index (Phi) is 19.9. The van der Waals surface area contributed by atoms with Gasteiger partial charge in [-0.1, -0.05) is 103 Å². The van der Waals surface area contributed by atoms with Gasteiger partial charge in [-0.05, 0) is 57.9 Å². The minimum atomic E-state index is -0.604. The van der Waals surface area contributed by atoms with Gasteiger partial charge in [0.25, 0.3) is 0 Å². The molecule has 0 aromatic rings. The highest BCUT2D eigenvalue weighted by Crippen LogP contribution is 2.28. The van der Waals surface area contributed by atoms with Crippen LogP contribution in [-0.4, -0.2) is 69.1 Å². The number of aliphatic hydroxyl groups excluding tert-OH is 4. The number of unbranched alkanes of at least 4 members (excludes halogenated alkanes) is 12. The van der Waals surface area contributed by atoms with Gasteiger partial charge in [-0.25, -0.2) is 4.79 Å². The second-order valence-corrected chi connectivity index (χ2v) is 13.1. The normalized spacial score (nSPS) is 23.5. The van der Waals surface area contributed by atoms with Crippen molar-refractivity contribution < 1.29 is 34.7 Å². The first-order valence-corrected chi connectivity index (χ1v) is 17.6. The SMILES string of the molecule is CCCCC[C@H](O)[C@@H](O)CCCCCC[C@H](O)[C@@H]1CC[C@@H](CCCCCCCCCC[C@H](O)CC2=C[C@H](C)OC2=O)O1. The van der Waals surface area contributed by atoms with E-state index in [1.54, 1.807) is 0 Å². The molecule has 2 aliphatic heterocycles. The van der Waals surface area contributed by atoms with Crippen LogP contribution < -0.4 is 0 Å². The van der Waals surface area contributed by atoms with Crippen LogP contribution in [0.5, 0.6) is 0 Å². The van der Waals surface area contributed by atoms with Crippen molar-refractivity contribution in [2.75, 3.05) is 0 Å². The van der Waals surface area contributed by atoms with Gasteiger partial charge in [0, 0.05) is 12.0 Å². The number of carbonyl (C=O) groups is 1. The summed E-state index contributed by atoms with van der Waals surface area (Å²) in [6, 6.07) is 0. The summed E-state index contributed by atoms with van der Waals surface area (Å²) in [6.45, 7) is 3.98. The lowest BCUT2D eigenvalue weighted by Gasteiger charge is -2.20. The van der Waals surface area contributed by atoms with Crippen LogP contribution in [0.4, 0.5) is 0 Å². The van der Waals surface area contributed by atoms with Crippen LogP contribution in [0.1, 0.15) is 162 Å². The molecule has 0 spiro atoms. The van der Waals surface area contributed by atoms with E-state index in [9.17, 15) is 25.2 Å². The highest BCUT2D eigenvalue weighted by atomic mass is 16.5. The lowest BCUT2D eigenvalue weighted by molar-refractivity contribution is -0.139. The van der Waals surface area contributed by atoms with Gasteiger partial charge in [0.1, 0.15) is 6.10 Å². The molecule has 0 aliphatic carbocycles. The van der Waals surface area contributed by atoms with Crippen molar-refractivity contribution in [3.05, 3.63) is 11.6 Å². The monoisotopic (exact) mass is 596 g/mol. The minimum absolute atomic E-state index is 0.0131. The van der Waals surface area contributed by atoms with Crippen molar-refractivity contribution in [1.82, 2.24) is 0 Å². The molecule has 0 radical (unpaired) electrons. The van der Waals surface area contributed by atoms with E-state index in [1.807, 2.05) is 13.0 Å². The van der Waals surface area contributed by atoms with Crippen molar-refractivity contribution in [3.8, 4) is 0 Å². The number of esters is 1. The molecule has 7 atom stereocenters. The fraction of sp³-hybridized carbons (Fsp3) is 0.914. The highest BCUT2D eigenvalue weighted by Gasteiger charge is 2.30. The maximum Gasteiger partial charge on any atom is 0.334 e. The molecule has 1 fully saturated rings. The number of cyclic esters (lactones) is 1. The molecule has 7 heteroatoms. The zero-order valence-corrected chi connectivity index (χ0v) is 26.9. The quantitative estimate of drug-likeness (QED) is 0.0624. The predicted molar refractivity (Wildman–Crippen MR) is 168 cm³/mol. The van der Waals surface area contributed by atoms with Crippen LogP contribution in [0.15, 0.2) is 11.6 Å². The predicted octanol–water partition coefficient (Wildman–Crippen LogP) is 7.06. The van der Waals surface area contributed by atoms with Gasteiger partial charge in [-0.15, -0.1) is 0 Å². The number of hydrogen-bond donors (Lipinski definition) is 4. The summed E-state index contributed by atoms with van der Waals surface area (Å²) in [5, 5.41) is 40.9. The van der Waals surface area contributed by atoms with Gasteiger partial charge in [-0.3, -0.25) is 0 Å². The molecule has 2 aliphatic rings. The van der Waals surface area contributed by atoms with Crippen LogP contribution >= 0.6 is 0 Å². The Balaban J connectivity index is 1.36. The summed E-state index contributed by atoms with van der Waals surface area (Å²) in [5.41, 5.74) is 0.621. The highest BCUT2D eigenvalue weighted by molar-refractivity contribution is 5.90. The Morgan fingerprint density at radius 1 is 0.738 bits per heavy atom. The standard InChI is InChI=1S/C35H64O7/c1-3-4-13-20-31(37)32(38)21-16-11-12-17-22-33(39)34-24-23-30(42-34)19-15-10-8-6-5-7-9-14-18-29(36)26-28-25-27(2)41-35(28)40/h25,27,29-34,36-39H,3-24,26H2,1-2H3/t27-,29-,30+,31-,32-,33-,34-/m0/s1. The van der Waals surface area contributed by atoms with Crippen LogP contribution in [0.3, 0.4) is 0 Å². The fourth-order valence-corrected chi connectivity index (χ4v) is 6.41. The Morgan fingerprint density at radius 2 is 1.29 bits per heavy atom. The van der Waals surface area contributed by atoms with Crippen LogP contribution in [0.2, 0.25) is 0 Å². The zero-order chi connectivity index (χ0) is 30.6. The lowest BCUT2D eigenvalue weighted by Crippen LogP contribution is -2.26. The number of carbonyl (C=O) groups excluding carboxylic acids is 1. The van der Waals surface area contributed by atoms with Crippen LogP contribution in [0, 0.1) is 0 Å². The van der Waals surface area contributed by atoms with Crippen LogP contribution in [0.25, 0.3) is 0 Å². The van der Waals surface area contributed by atoms with Gasteiger partial charge < -0.3 is 29.9 Å². The van der Waals surface area contributed by atoms with E-state index in [2.05, 4.69) is 6.92 Å². The van der Waals surface area contributed by atoms with Crippen molar-refractivity contribution in [2.24, 2.45) is 0 Å². The molecule has 0 aromatic heterocycles. The summed E-state index contributed by atoms with van der Waals surface area (Å²) >= 11 is 0. The molecule has 0 amide bonds. The van der Waals surface area contributed by atoms with Crippen molar-refractivity contribution in [2.45, 2.75) is 204 Å². The summed E-state index contributed by atoms with van der Waals surface area (Å²) in [6.07, 6.45) is 23.0. The largest absolute Gasteiger partial charge is 0.455 e. The van der Waals surface area contributed by atoms with E-state index < -0.39 is 18.3 Å². The third kappa shape index (κ3) is 16.2.